The first-order valence-corrected chi connectivity index (χ1v) is 9.10. The zero-order chi connectivity index (χ0) is 19.8. The summed E-state index contributed by atoms with van der Waals surface area (Å²) in [6.45, 7) is 5.95. The minimum atomic E-state index is -0.355. The number of halogens is 1. The maximum atomic E-state index is 13.0. The molecule has 1 saturated heterocycles. The monoisotopic (exact) mass is 379 g/mol. The van der Waals surface area contributed by atoms with Gasteiger partial charge in [-0.3, -0.25) is 9.59 Å². The van der Waals surface area contributed by atoms with Crippen LogP contribution in [0.2, 0.25) is 0 Å². The van der Waals surface area contributed by atoms with Crippen molar-refractivity contribution >= 4 is 17.9 Å². The predicted octanol–water partition coefficient (Wildman–Crippen LogP) is 1.86. The summed E-state index contributed by atoms with van der Waals surface area (Å²) in [6.07, 6.45) is -0.146. The van der Waals surface area contributed by atoms with Crippen molar-refractivity contribution in [1.82, 2.24) is 14.7 Å². The Morgan fingerprint density at radius 1 is 1.07 bits per heavy atom. The lowest BCUT2D eigenvalue weighted by Crippen LogP contribution is -2.51. The molecule has 1 aromatic rings. The van der Waals surface area contributed by atoms with Gasteiger partial charge < -0.3 is 19.4 Å². The third-order valence-electron chi connectivity index (χ3n) is 4.49. The highest BCUT2D eigenvalue weighted by atomic mass is 19.1. The van der Waals surface area contributed by atoms with Crippen LogP contribution in [0, 0.1) is 5.82 Å². The normalized spacial score (nSPS) is 14.0. The lowest BCUT2D eigenvalue weighted by atomic mass is 10.2. The first kappa shape index (κ1) is 20.7. The fourth-order valence-corrected chi connectivity index (χ4v) is 2.90. The molecule has 0 aliphatic carbocycles. The van der Waals surface area contributed by atoms with Gasteiger partial charge in [-0.1, -0.05) is 12.1 Å². The van der Waals surface area contributed by atoms with Crippen LogP contribution in [0.15, 0.2) is 24.3 Å². The molecule has 2 rings (SSSR count). The summed E-state index contributed by atoms with van der Waals surface area (Å²) in [5.41, 5.74) is 0.807. The van der Waals surface area contributed by atoms with Crippen molar-refractivity contribution in [2.75, 3.05) is 39.3 Å². The topological polar surface area (TPSA) is 70.2 Å². The summed E-state index contributed by atoms with van der Waals surface area (Å²) in [6, 6.07) is 5.95. The highest BCUT2D eigenvalue weighted by Gasteiger charge is 2.25. The molecule has 0 aromatic heterocycles. The Morgan fingerprint density at radius 3 is 2.22 bits per heavy atom. The minimum Gasteiger partial charge on any atom is -0.450 e. The third kappa shape index (κ3) is 6.23. The molecule has 1 heterocycles. The van der Waals surface area contributed by atoms with E-state index in [2.05, 4.69) is 0 Å². The molecule has 8 heteroatoms. The van der Waals surface area contributed by atoms with E-state index >= 15 is 0 Å². The smallest absolute Gasteiger partial charge is 0.409 e. The molecular weight excluding hydrogens is 353 g/mol. The Labute approximate surface area is 158 Å². The standard InChI is InChI=1S/C19H26FN3O4/c1-3-27-19(26)22-12-10-21(11-13-22)18(25)8-9-23(15(2)24)14-16-4-6-17(20)7-5-16/h4-7H,3,8-14H2,1-2H3. The van der Waals surface area contributed by atoms with Gasteiger partial charge in [-0.2, -0.15) is 0 Å². The van der Waals surface area contributed by atoms with E-state index in [1.54, 1.807) is 33.8 Å². The zero-order valence-corrected chi connectivity index (χ0v) is 15.8. The predicted molar refractivity (Wildman–Crippen MR) is 97.3 cm³/mol. The van der Waals surface area contributed by atoms with Crippen molar-refractivity contribution in [3.8, 4) is 0 Å². The average molecular weight is 379 g/mol. The summed E-state index contributed by atoms with van der Waals surface area (Å²) < 4.78 is 18.0. The van der Waals surface area contributed by atoms with Crippen LogP contribution in [0.1, 0.15) is 25.8 Å². The Kier molecular flexibility index (Phi) is 7.57. The van der Waals surface area contributed by atoms with Crippen molar-refractivity contribution in [3.63, 3.8) is 0 Å². The highest BCUT2D eigenvalue weighted by Crippen LogP contribution is 2.10. The zero-order valence-electron chi connectivity index (χ0n) is 15.8. The lowest BCUT2D eigenvalue weighted by molar-refractivity contribution is -0.134. The molecule has 1 fully saturated rings. The van der Waals surface area contributed by atoms with Crippen LogP contribution in [0.4, 0.5) is 9.18 Å². The van der Waals surface area contributed by atoms with E-state index in [-0.39, 0.29) is 30.1 Å². The summed E-state index contributed by atoms with van der Waals surface area (Å²) >= 11 is 0. The second-order valence-corrected chi connectivity index (χ2v) is 6.38. The van der Waals surface area contributed by atoms with E-state index < -0.39 is 0 Å². The molecular formula is C19H26FN3O4. The number of nitrogens with zero attached hydrogens (tertiary/aromatic N) is 3. The van der Waals surface area contributed by atoms with E-state index in [4.69, 9.17) is 4.74 Å². The quantitative estimate of drug-likeness (QED) is 0.757. The molecule has 0 saturated carbocycles. The van der Waals surface area contributed by atoms with Gasteiger partial charge in [-0.15, -0.1) is 0 Å². The van der Waals surface area contributed by atoms with Crippen molar-refractivity contribution in [2.24, 2.45) is 0 Å². The molecule has 0 bridgehead atoms. The van der Waals surface area contributed by atoms with Crippen molar-refractivity contribution < 1.29 is 23.5 Å². The lowest BCUT2D eigenvalue weighted by Gasteiger charge is -2.34. The molecule has 0 unspecified atom stereocenters. The first-order valence-electron chi connectivity index (χ1n) is 9.10. The number of rotatable bonds is 6. The fraction of sp³-hybridized carbons (Fsp3) is 0.526. The molecule has 148 valence electrons. The number of piperazine rings is 1. The number of hydrogen-bond donors (Lipinski definition) is 0. The van der Waals surface area contributed by atoms with Gasteiger partial charge in [-0.05, 0) is 24.6 Å². The molecule has 1 aliphatic rings. The average Bonchev–Trinajstić information content (AvgIpc) is 2.66. The van der Waals surface area contributed by atoms with Crippen LogP contribution in [0.25, 0.3) is 0 Å². The number of ether oxygens (including phenoxy) is 1. The number of benzene rings is 1. The Balaban J connectivity index is 1.81. The van der Waals surface area contributed by atoms with E-state index in [1.165, 1.54) is 19.1 Å². The molecule has 3 amide bonds. The van der Waals surface area contributed by atoms with Gasteiger partial charge in [0.15, 0.2) is 0 Å². The molecule has 0 radical (unpaired) electrons. The maximum absolute atomic E-state index is 13.0. The van der Waals surface area contributed by atoms with E-state index in [0.717, 1.165) is 5.56 Å². The Hall–Kier alpha value is -2.64. The molecule has 27 heavy (non-hydrogen) atoms. The second kappa shape index (κ2) is 9.89. The van der Waals surface area contributed by atoms with Gasteiger partial charge in [0.25, 0.3) is 0 Å². The number of hydrogen-bond acceptors (Lipinski definition) is 4. The molecule has 0 spiro atoms. The van der Waals surface area contributed by atoms with Crippen LogP contribution in [-0.4, -0.2) is 71.9 Å². The van der Waals surface area contributed by atoms with E-state index in [1.807, 2.05) is 0 Å². The summed E-state index contributed by atoms with van der Waals surface area (Å²) in [5, 5.41) is 0. The van der Waals surface area contributed by atoms with E-state index in [0.29, 0.717) is 45.9 Å². The van der Waals surface area contributed by atoms with Gasteiger partial charge in [0.2, 0.25) is 11.8 Å². The third-order valence-corrected chi connectivity index (χ3v) is 4.49. The minimum absolute atomic E-state index is 0.0520. The Bertz CT molecular complexity index is 657. The summed E-state index contributed by atoms with van der Waals surface area (Å²) in [4.78, 5) is 40.8. The fourth-order valence-electron chi connectivity index (χ4n) is 2.90. The molecule has 7 nitrogen and oxygen atoms in total. The number of carbonyl (C=O) groups excluding carboxylic acids is 3. The Morgan fingerprint density at radius 2 is 1.67 bits per heavy atom. The molecule has 0 N–H and O–H groups in total. The highest BCUT2D eigenvalue weighted by molar-refractivity contribution is 5.78. The molecule has 0 atom stereocenters. The van der Waals surface area contributed by atoms with Gasteiger partial charge in [0.1, 0.15) is 5.82 Å². The van der Waals surface area contributed by atoms with Gasteiger partial charge in [-0.25, -0.2) is 9.18 Å². The SMILES string of the molecule is CCOC(=O)N1CCN(C(=O)CCN(Cc2ccc(F)cc2)C(C)=O)CC1. The van der Waals surface area contributed by atoms with Crippen LogP contribution in [-0.2, 0) is 20.9 Å². The summed E-state index contributed by atoms with van der Waals surface area (Å²) in [7, 11) is 0. The number of carbonyl (C=O) groups is 3. The van der Waals surface area contributed by atoms with Crippen molar-refractivity contribution in [1.29, 1.82) is 0 Å². The molecule has 1 aromatic carbocycles. The van der Waals surface area contributed by atoms with Gasteiger partial charge >= 0.3 is 6.09 Å². The summed E-state index contributed by atoms with van der Waals surface area (Å²) in [5.74, 6) is -0.520. The first-order chi connectivity index (χ1) is 12.9. The van der Waals surface area contributed by atoms with Crippen LogP contribution in [0.5, 0.6) is 0 Å². The maximum Gasteiger partial charge on any atom is 0.409 e. The number of amides is 3. The largest absolute Gasteiger partial charge is 0.450 e. The van der Waals surface area contributed by atoms with E-state index in [9.17, 15) is 18.8 Å². The van der Waals surface area contributed by atoms with Crippen molar-refractivity contribution in [3.05, 3.63) is 35.6 Å². The van der Waals surface area contributed by atoms with Crippen LogP contribution in [0.3, 0.4) is 0 Å². The molecule has 1 aliphatic heterocycles. The van der Waals surface area contributed by atoms with Crippen LogP contribution < -0.4 is 0 Å². The van der Waals surface area contributed by atoms with Gasteiger partial charge in [0, 0.05) is 52.6 Å². The van der Waals surface area contributed by atoms with Crippen molar-refractivity contribution in [2.45, 2.75) is 26.8 Å². The van der Waals surface area contributed by atoms with Crippen LogP contribution >= 0.6 is 0 Å². The second-order valence-electron chi connectivity index (χ2n) is 6.38. The van der Waals surface area contributed by atoms with Gasteiger partial charge in [0.05, 0.1) is 6.61 Å².